The minimum atomic E-state index is -0.474. The number of halogens is 1. The number of carbonyl (C=O) groups excluding carboxylic acids is 2. The smallest absolute Gasteiger partial charge is 0.255 e. The van der Waals surface area contributed by atoms with Crippen molar-refractivity contribution in [3.05, 3.63) is 131 Å². The van der Waals surface area contributed by atoms with Gasteiger partial charge in [-0.05, 0) is 41.5 Å². The summed E-state index contributed by atoms with van der Waals surface area (Å²) in [6.45, 7) is 0. The number of benzene rings is 4. The third kappa shape index (κ3) is 5.05. The molecule has 0 radical (unpaired) electrons. The average molecular weight is 441 g/mol. The normalized spacial score (nSPS) is 10.6. The van der Waals surface area contributed by atoms with E-state index in [2.05, 4.69) is 10.6 Å². The molecule has 2 amide bonds. The highest BCUT2D eigenvalue weighted by Gasteiger charge is 2.23. The molecule has 158 valence electrons. The molecule has 0 bridgehead atoms. The van der Waals surface area contributed by atoms with E-state index in [0.717, 1.165) is 11.1 Å². The highest BCUT2D eigenvalue weighted by molar-refractivity contribution is 6.33. The number of hydrogen-bond donors (Lipinski definition) is 2. The van der Waals surface area contributed by atoms with Crippen LogP contribution in [0.5, 0.6) is 0 Å². The second-order valence-corrected chi connectivity index (χ2v) is 7.67. The quantitative estimate of drug-likeness (QED) is 0.366. The maximum absolute atomic E-state index is 13.3. The molecule has 0 saturated carbocycles. The van der Waals surface area contributed by atoms with Crippen LogP contribution in [-0.4, -0.2) is 11.8 Å². The predicted octanol–water partition coefficient (Wildman–Crippen LogP) is 6.36. The summed E-state index contributed by atoms with van der Waals surface area (Å²) in [5, 5.41) is 6.22. The zero-order valence-electron chi connectivity index (χ0n) is 17.2. The van der Waals surface area contributed by atoms with E-state index in [-0.39, 0.29) is 11.8 Å². The Kier molecular flexibility index (Phi) is 6.63. The highest BCUT2D eigenvalue weighted by atomic mass is 35.5. The molecule has 0 aliphatic rings. The van der Waals surface area contributed by atoms with Gasteiger partial charge < -0.3 is 10.6 Å². The monoisotopic (exact) mass is 440 g/mol. The van der Waals surface area contributed by atoms with Crippen molar-refractivity contribution in [2.45, 2.75) is 5.92 Å². The number of carbonyl (C=O) groups is 2. The lowest BCUT2D eigenvalue weighted by Gasteiger charge is -2.18. The lowest BCUT2D eigenvalue weighted by Crippen LogP contribution is -2.22. The van der Waals surface area contributed by atoms with Gasteiger partial charge in [0.25, 0.3) is 5.91 Å². The Morgan fingerprint density at radius 1 is 0.656 bits per heavy atom. The number of amides is 2. The van der Waals surface area contributed by atoms with Crippen molar-refractivity contribution in [3.63, 3.8) is 0 Å². The van der Waals surface area contributed by atoms with Crippen LogP contribution in [0.3, 0.4) is 0 Å². The fourth-order valence-corrected chi connectivity index (χ4v) is 3.68. The Morgan fingerprint density at radius 2 is 1.25 bits per heavy atom. The first kappa shape index (κ1) is 21.3. The van der Waals surface area contributed by atoms with Gasteiger partial charge in [0.2, 0.25) is 5.91 Å². The third-order valence-corrected chi connectivity index (χ3v) is 5.37. The van der Waals surface area contributed by atoms with Crippen molar-refractivity contribution >= 4 is 34.8 Å². The molecule has 0 spiro atoms. The van der Waals surface area contributed by atoms with Crippen LogP contribution in [0, 0.1) is 0 Å². The summed E-state index contributed by atoms with van der Waals surface area (Å²) in [6.07, 6.45) is 0. The Bertz CT molecular complexity index is 1190. The maximum Gasteiger partial charge on any atom is 0.255 e. The SMILES string of the molecule is O=C(Nc1ccccc1Cl)c1cccc(NC(=O)C(c2ccccc2)c2ccccc2)c1. The highest BCUT2D eigenvalue weighted by Crippen LogP contribution is 2.27. The number of anilines is 2. The molecule has 0 aliphatic carbocycles. The van der Waals surface area contributed by atoms with Gasteiger partial charge >= 0.3 is 0 Å². The van der Waals surface area contributed by atoms with Crippen LogP contribution < -0.4 is 10.6 Å². The fourth-order valence-electron chi connectivity index (χ4n) is 3.50. The summed E-state index contributed by atoms with van der Waals surface area (Å²) in [5.41, 5.74) is 3.27. The lowest BCUT2D eigenvalue weighted by molar-refractivity contribution is -0.116. The molecule has 2 N–H and O–H groups in total. The van der Waals surface area contributed by atoms with Crippen LogP contribution in [0.1, 0.15) is 27.4 Å². The number of para-hydroxylation sites is 1. The molecule has 32 heavy (non-hydrogen) atoms. The molecule has 0 atom stereocenters. The first-order valence-electron chi connectivity index (χ1n) is 10.2. The predicted molar refractivity (Wildman–Crippen MR) is 129 cm³/mol. The molecular formula is C27H21ClN2O2. The van der Waals surface area contributed by atoms with Crippen molar-refractivity contribution in [2.24, 2.45) is 0 Å². The topological polar surface area (TPSA) is 58.2 Å². The van der Waals surface area contributed by atoms with E-state index >= 15 is 0 Å². The van der Waals surface area contributed by atoms with Gasteiger partial charge in [-0.2, -0.15) is 0 Å². The van der Waals surface area contributed by atoms with Crippen LogP contribution in [-0.2, 0) is 4.79 Å². The van der Waals surface area contributed by atoms with Gasteiger partial charge in [-0.1, -0.05) is 90.5 Å². The fraction of sp³-hybridized carbons (Fsp3) is 0.0370. The van der Waals surface area contributed by atoms with Crippen molar-refractivity contribution < 1.29 is 9.59 Å². The van der Waals surface area contributed by atoms with Crippen LogP contribution in [0.2, 0.25) is 5.02 Å². The number of hydrogen-bond acceptors (Lipinski definition) is 2. The number of nitrogens with one attached hydrogen (secondary N) is 2. The van der Waals surface area contributed by atoms with E-state index in [0.29, 0.717) is 22.0 Å². The van der Waals surface area contributed by atoms with Crippen LogP contribution in [0.15, 0.2) is 109 Å². The molecule has 4 aromatic carbocycles. The van der Waals surface area contributed by atoms with Crippen LogP contribution in [0.4, 0.5) is 11.4 Å². The minimum Gasteiger partial charge on any atom is -0.325 e. The zero-order valence-corrected chi connectivity index (χ0v) is 17.9. The molecule has 0 unspecified atom stereocenters. The van der Waals surface area contributed by atoms with Crippen molar-refractivity contribution in [1.29, 1.82) is 0 Å². The van der Waals surface area contributed by atoms with Gasteiger partial charge in [0.1, 0.15) is 0 Å². The van der Waals surface area contributed by atoms with Crippen molar-refractivity contribution in [3.8, 4) is 0 Å². The molecule has 4 nitrogen and oxygen atoms in total. The maximum atomic E-state index is 13.3. The van der Waals surface area contributed by atoms with E-state index < -0.39 is 5.92 Å². The Labute approximate surface area is 191 Å². The average Bonchev–Trinajstić information content (AvgIpc) is 2.82. The van der Waals surface area contributed by atoms with Crippen LogP contribution >= 0.6 is 11.6 Å². The van der Waals surface area contributed by atoms with Crippen molar-refractivity contribution in [1.82, 2.24) is 0 Å². The van der Waals surface area contributed by atoms with E-state index in [4.69, 9.17) is 11.6 Å². The van der Waals surface area contributed by atoms with Gasteiger partial charge in [0.05, 0.1) is 16.6 Å². The molecule has 0 aromatic heterocycles. The third-order valence-electron chi connectivity index (χ3n) is 5.04. The van der Waals surface area contributed by atoms with Gasteiger partial charge in [0, 0.05) is 11.3 Å². The number of rotatable bonds is 6. The van der Waals surface area contributed by atoms with E-state index in [1.807, 2.05) is 60.7 Å². The second kappa shape index (κ2) is 9.94. The summed E-state index contributed by atoms with van der Waals surface area (Å²) < 4.78 is 0. The summed E-state index contributed by atoms with van der Waals surface area (Å²) in [6, 6.07) is 33.1. The summed E-state index contributed by atoms with van der Waals surface area (Å²) >= 11 is 6.14. The first-order chi connectivity index (χ1) is 15.6. The second-order valence-electron chi connectivity index (χ2n) is 7.26. The van der Waals surface area contributed by atoms with Gasteiger partial charge in [-0.3, -0.25) is 9.59 Å². The van der Waals surface area contributed by atoms with Gasteiger partial charge in [-0.25, -0.2) is 0 Å². The Balaban J connectivity index is 1.56. The molecule has 0 aliphatic heterocycles. The van der Waals surface area contributed by atoms with Crippen molar-refractivity contribution in [2.75, 3.05) is 10.6 Å². The van der Waals surface area contributed by atoms with Gasteiger partial charge in [0.15, 0.2) is 0 Å². The standard InChI is InChI=1S/C27H21ClN2O2/c28-23-16-7-8-17-24(23)30-26(31)21-14-9-15-22(18-21)29-27(32)25(19-10-3-1-4-11-19)20-12-5-2-6-13-20/h1-18,25H,(H,29,32)(H,30,31). The molecular weight excluding hydrogens is 420 g/mol. The molecule has 0 fully saturated rings. The van der Waals surface area contributed by atoms with E-state index in [1.165, 1.54) is 0 Å². The van der Waals surface area contributed by atoms with E-state index in [1.54, 1.807) is 48.5 Å². The van der Waals surface area contributed by atoms with Gasteiger partial charge in [-0.15, -0.1) is 0 Å². The van der Waals surface area contributed by atoms with Crippen LogP contribution in [0.25, 0.3) is 0 Å². The molecule has 4 aromatic rings. The molecule has 5 heteroatoms. The minimum absolute atomic E-state index is 0.175. The molecule has 0 saturated heterocycles. The first-order valence-corrected chi connectivity index (χ1v) is 10.6. The Morgan fingerprint density at radius 3 is 1.88 bits per heavy atom. The molecule has 4 rings (SSSR count). The molecule has 0 heterocycles. The summed E-state index contributed by atoms with van der Waals surface area (Å²) in [5.74, 6) is -0.957. The lowest BCUT2D eigenvalue weighted by atomic mass is 9.90. The Hall–Kier alpha value is -3.89. The summed E-state index contributed by atoms with van der Waals surface area (Å²) in [4.78, 5) is 26.0. The summed E-state index contributed by atoms with van der Waals surface area (Å²) in [7, 11) is 0. The zero-order chi connectivity index (χ0) is 22.3. The largest absolute Gasteiger partial charge is 0.325 e. The van der Waals surface area contributed by atoms with E-state index in [9.17, 15) is 9.59 Å².